The second kappa shape index (κ2) is 11.8. The molecule has 0 saturated carbocycles. The van der Waals surface area contributed by atoms with Crippen LogP contribution in [0.2, 0.25) is 0 Å². The van der Waals surface area contributed by atoms with Crippen LogP contribution in [0.5, 0.6) is 0 Å². The summed E-state index contributed by atoms with van der Waals surface area (Å²) in [6, 6.07) is 11.6. The molecule has 214 valence electrons. The van der Waals surface area contributed by atoms with E-state index in [-0.39, 0.29) is 30.3 Å². The number of likely N-dealkylation sites (N-methyl/N-ethyl adjacent to an activating group) is 1. The predicted octanol–water partition coefficient (Wildman–Crippen LogP) is 3.33. The van der Waals surface area contributed by atoms with Crippen LogP contribution in [0.1, 0.15) is 34.9 Å². The molecule has 0 bridgehead atoms. The Kier molecular flexibility index (Phi) is 8.16. The summed E-state index contributed by atoms with van der Waals surface area (Å²) in [6.07, 6.45) is 1.01. The smallest absolute Gasteiger partial charge is 0.251 e. The molecular formula is C30H30F2N4O4S. The fourth-order valence-electron chi connectivity index (χ4n) is 5.37. The second-order valence-corrected chi connectivity index (χ2v) is 11.4. The van der Waals surface area contributed by atoms with E-state index >= 15 is 0 Å². The van der Waals surface area contributed by atoms with Crippen LogP contribution in [0.15, 0.2) is 53.9 Å². The first-order valence-electron chi connectivity index (χ1n) is 13.4. The molecule has 0 spiro atoms. The van der Waals surface area contributed by atoms with Crippen molar-refractivity contribution in [1.29, 1.82) is 0 Å². The lowest BCUT2D eigenvalue weighted by Crippen LogP contribution is -2.56. The van der Waals surface area contributed by atoms with Gasteiger partial charge in [-0.3, -0.25) is 24.1 Å². The van der Waals surface area contributed by atoms with Crippen molar-refractivity contribution in [3.8, 4) is 0 Å². The average Bonchev–Trinajstić information content (AvgIpc) is 3.57. The van der Waals surface area contributed by atoms with E-state index < -0.39 is 41.6 Å². The van der Waals surface area contributed by atoms with Crippen LogP contribution in [0.4, 0.5) is 14.5 Å². The SMILES string of the molecule is CC(C(=O)NCc1cc(F)cc(F)c1)C(=O)NC1CCc2cccc3c2N(C1=O)C(N(C)C(=O)Cc1cccs1)C3. The zero-order chi connectivity index (χ0) is 29.3. The van der Waals surface area contributed by atoms with Gasteiger partial charge < -0.3 is 15.5 Å². The molecule has 11 heteroatoms. The molecule has 2 aliphatic rings. The third kappa shape index (κ3) is 6.00. The van der Waals surface area contributed by atoms with Crippen LogP contribution in [0.25, 0.3) is 0 Å². The fraction of sp³-hybridized carbons (Fsp3) is 0.333. The molecule has 2 aliphatic heterocycles. The third-order valence-corrected chi connectivity index (χ3v) is 8.50. The first-order chi connectivity index (χ1) is 19.6. The number of hydrogen-bond acceptors (Lipinski definition) is 5. The molecule has 3 aromatic rings. The molecule has 3 heterocycles. The van der Waals surface area contributed by atoms with Gasteiger partial charge in [0.25, 0.3) is 5.91 Å². The Morgan fingerprint density at radius 3 is 2.51 bits per heavy atom. The lowest BCUT2D eigenvalue weighted by atomic mass is 10.0. The summed E-state index contributed by atoms with van der Waals surface area (Å²) >= 11 is 1.50. The number of amides is 4. The Hall–Kier alpha value is -4.12. The van der Waals surface area contributed by atoms with E-state index in [9.17, 15) is 28.0 Å². The minimum Gasteiger partial charge on any atom is -0.351 e. The minimum atomic E-state index is -1.16. The summed E-state index contributed by atoms with van der Waals surface area (Å²) < 4.78 is 26.9. The fourth-order valence-corrected chi connectivity index (χ4v) is 6.07. The maximum Gasteiger partial charge on any atom is 0.251 e. The number of para-hydroxylation sites is 1. The number of carbonyl (C=O) groups is 4. The number of benzene rings is 2. The number of nitrogens with zero attached hydrogens (tertiary/aromatic N) is 2. The Bertz CT molecular complexity index is 1480. The lowest BCUT2D eigenvalue weighted by molar-refractivity contribution is -0.137. The summed E-state index contributed by atoms with van der Waals surface area (Å²) in [7, 11) is 1.69. The van der Waals surface area contributed by atoms with Gasteiger partial charge in [-0.25, -0.2) is 8.78 Å². The van der Waals surface area contributed by atoms with Gasteiger partial charge in [-0.1, -0.05) is 24.3 Å². The van der Waals surface area contributed by atoms with Crippen molar-refractivity contribution in [3.05, 3.63) is 87.1 Å². The molecule has 0 radical (unpaired) electrons. The summed E-state index contributed by atoms with van der Waals surface area (Å²) in [5.41, 5.74) is 2.92. The standard InChI is InChI=1S/C30H30F2N4O4S/c1-17(28(38)33-16-18-11-21(31)14-22(32)12-18)29(39)34-24-9-8-19-5-3-6-20-13-25(36(27(19)20)30(24)40)35(2)26(37)15-23-7-4-10-41-23/h3-7,10-12,14,17,24-25H,8-9,13,15-16H2,1-2H3,(H,33,38)(H,34,39). The van der Waals surface area contributed by atoms with Crippen molar-refractivity contribution < 1.29 is 28.0 Å². The van der Waals surface area contributed by atoms with Crippen LogP contribution in [0.3, 0.4) is 0 Å². The largest absolute Gasteiger partial charge is 0.351 e. The Balaban J connectivity index is 1.28. The number of halogens is 2. The number of anilines is 1. The Labute approximate surface area is 240 Å². The number of hydrogen-bond donors (Lipinski definition) is 2. The molecule has 4 amide bonds. The molecule has 0 aliphatic carbocycles. The number of carbonyl (C=O) groups excluding carboxylic acids is 4. The van der Waals surface area contributed by atoms with Gasteiger partial charge in [-0.15, -0.1) is 11.3 Å². The number of rotatable bonds is 8. The van der Waals surface area contributed by atoms with E-state index in [4.69, 9.17) is 0 Å². The topological polar surface area (TPSA) is 98.8 Å². The monoisotopic (exact) mass is 580 g/mol. The van der Waals surface area contributed by atoms with Crippen molar-refractivity contribution in [2.75, 3.05) is 11.9 Å². The van der Waals surface area contributed by atoms with Crippen molar-refractivity contribution >= 4 is 40.7 Å². The molecule has 0 saturated heterocycles. The van der Waals surface area contributed by atoms with Gasteiger partial charge in [0.2, 0.25) is 17.7 Å². The average molecular weight is 581 g/mol. The molecular weight excluding hydrogens is 550 g/mol. The van der Waals surface area contributed by atoms with Gasteiger partial charge in [-0.05, 0) is 60.0 Å². The molecule has 3 unspecified atom stereocenters. The van der Waals surface area contributed by atoms with Crippen molar-refractivity contribution in [3.63, 3.8) is 0 Å². The molecule has 2 N–H and O–H groups in total. The number of nitrogens with one attached hydrogen (secondary N) is 2. The quantitative estimate of drug-likeness (QED) is 0.400. The molecule has 3 atom stereocenters. The van der Waals surface area contributed by atoms with E-state index in [0.717, 1.165) is 39.9 Å². The van der Waals surface area contributed by atoms with Gasteiger partial charge in [0.1, 0.15) is 29.8 Å². The molecule has 5 rings (SSSR count). The summed E-state index contributed by atoms with van der Waals surface area (Å²) in [4.78, 5) is 57.0. The normalized spacial score (nSPS) is 18.3. The summed E-state index contributed by atoms with van der Waals surface area (Å²) in [5.74, 6) is -4.44. The summed E-state index contributed by atoms with van der Waals surface area (Å²) in [5, 5.41) is 7.17. The Morgan fingerprint density at radius 2 is 1.80 bits per heavy atom. The first-order valence-corrected chi connectivity index (χ1v) is 14.2. The van der Waals surface area contributed by atoms with Crippen molar-refractivity contribution in [1.82, 2.24) is 15.5 Å². The van der Waals surface area contributed by atoms with Crippen LogP contribution in [0, 0.1) is 17.6 Å². The van der Waals surface area contributed by atoms with E-state index in [0.29, 0.717) is 19.3 Å². The van der Waals surface area contributed by atoms with E-state index in [1.807, 2.05) is 35.7 Å². The van der Waals surface area contributed by atoms with Crippen LogP contribution in [-0.2, 0) is 45.0 Å². The highest BCUT2D eigenvalue weighted by Crippen LogP contribution is 2.40. The van der Waals surface area contributed by atoms with Crippen LogP contribution >= 0.6 is 11.3 Å². The molecule has 2 aromatic carbocycles. The zero-order valence-electron chi connectivity index (χ0n) is 22.7. The predicted molar refractivity (Wildman–Crippen MR) is 150 cm³/mol. The number of thiophene rings is 1. The molecule has 41 heavy (non-hydrogen) atoms. The van der Waals surface area contributed by atoms with Gasteiger partial charge >= 0.3 is 0 Å². The van der Waals surface area contributed by atoms with E-state index in [1.165, 1.54) is 18.3 Å². The van der Waals surface area contributed by atoms with Gasteiger partial charge in [0, 0.05) is 31.0 Å². The maximum absolute atomic E-state index is 13.9. The first kappa shape index (κ1) is 28.4. The molecule has 8 nitrogen and oxygen atoms in total. The van der Waals surface area contributed by atoms with E-state index in [1.54, 1.807) is 16.8 Å². The second-order valence-electron chi connectivity index (χ2n) is 10.4. The highest BCUT2D eigenvalue weighted by atomic mass is 32.1. The Morgan fingerprint density at radius 1 is 1.07 bits per heavy atom. The van der Waals surface area contributed by atoms with Crippen LogP contribution < -0.4 is 15.5 Å². The maximum atomic E-state index is 13.9. The van der Waals surface area contributed by atoms with Gasteiger partial charge in [0.15, 0.2) is 0 Å². The van der Waals surface area contributed by atoms with E-state index in [2.05, 4.69) is 10.6 Å². The van der Waals surface area contributed by atoms with Gasteiger partial charge in [-0.2, -0.15) is 0 Å². The minimum absolute atomic E-state index is 0.118. The summed E-state index contributed by atoms with van der Waals surface area (Å²) in [6.45, 7) is 1.24. The highest BCUT2D eigenvalue weighted by molar-refractivity contribution is 7.10. The third-order valence-electron chi connectivity index (χ3n) is 7.62. The lowest BCUT2D eigenvalue weighted by Gasteiger charge is -2.34. The van der Waals surface area contributed by atoms with Crippen molar-refractivity contribution in [2.45, 2.75) is 51.4 Å². The van der Waals surface area contributed by atoms with Crippen molar-refractivity contribution in [2.24, 2.45) is 5.92 Å². The van der Waals surface area contributed by atoms with Crippen LogP contribution in [-0.4, -0.2) is 47.8 Å². The zero-order valence-corrected chi connectivity index (χ0v) is 23.5. The molecule has 0 fully saturated rings. The highest BCUT2D eigenvalue weighted by Gasteiger charge is 2.44. The number of aryl methyl sites for hydroxylation is 1. The van der Waals surface area contributed by atoms with Gasteiger partial charge in [0.05, 0.1) is 12.1 Å². The molecule has 1 aromatic heterocycles.